The number of nitrogens with one attached hydrogen (secondary N) is 1. The van der Waals surface area contributed by atoms with Crippen LogP contribution in [0.25, 0.3) is 0 Å². The average molecular weight is 200 g/mol. The van der Waals surface area contributed by atoms with Crippen LogP contribution in [0.5, 0.6) is 11.6 Å². The number of benzene rings is 1. The maximum Gasteiger partial charge on any atom is 0.237 e. The lowest BCUT2D eigenvalue weighted by Crippen LogP contribution is -1.90. The number of hydrogen-bond donors (Lipinski definition) is 0. The van der Waals surface area contributed by atoms with Gasteiger partial charge in [0.15, 0.2) is 0 Å². The van der Waals surface area contributed by atoms with Crippen LogP contribution in [0.3, 0.4) is 0 Å². The van der Waals surface area contributed by atoms with E-state index < -0.39 is 0 Å². The summed E-state index contributed by atoms with van der Waals surface area (Å²) in [5, 5.41) is 0. The highest BCUT2D eigenvalue weighted by atomic mass is 16.5. The van der Waals surface area contributed by atoms with Crippen LogP contribution in [0.1, 0.15) is 5.56 Å². The maximum absolute atomic E-state index is 7.43. The van der Waals surface area contributed by atoms with E-state index in [2.05, 4.69) is 9.97 Å². The molecule has 1 heterocycles. The zero-order valence-electron chi connectivity index (χ0n) is 8.27. The summed E-state index contributed by atoms with van der Waals surface area (Å²) in [7, 11) is 0. The molecule has 2 aromatic rings. The van der Waals surface area contributed by atoms with Gasteiger partial charge >= 0.3 is 0 Å². The topological polar surface area (TPSA) is 58.8 Å². The highest BCUT2D eigenvalue weighted by Crippen LogP contribution is 2.24. The standard InChI is InChI=1S/C11H10N3O/c1-8-6-9(12)2-3-10(8)15-11-7-13-4-5-14-11/h2-7,12H,1H3. The maximum atomic E-state index is 7.43. The van der Waals surface area contributed by atoms with E-state index in [9.17, 15) is 0 Å². The van der Waals surface area contributed by atoms with E-state index in [-0.39, 0.29) is 0 Å². The number of rotatable bonds is 2. The molecule has 0 bridgehead atoms. The molecule has 4 nitrogen and oxygen atoms in total. The van der Waals surface area contributed by atoms with E-state index in [1.807, 2.05) is 6.92 Å². The first kappa shape index (κ1) is 9.45. The Morgan fingerprint density at radius 2 is 2.13 bits per heavy atom. The lowest BCUT2D eigenvalue weighted by Gasteiger charge is -2.06. The molecule has 15 heavy (non-hydrogen) atoms. The molecule has 75 valence electrons. The normalized spacial score (nSPS) is 9.93. The van der Waals surface area contributed by atoms with E-state index in [1.54, 1.807) is 36.8 Å². The summed E-state index contributed by atoms with van der Waals surface area (Å²) in [4.78, 5) is 7.91. The quantitative estimate of drug-likeness (QED) is 0.748. The Morgan fingerprint density at radius 3 is 2.80 bits per heavy atom. The predicted molar refractivity (Wildman–Crippen MR) is 56.0 cm³/mol. The van der Waals surface area contributed by atoms with Crippen LogP contribution < -0.4 is 10.5 Å². The van der Waals surface area contributed by atoms with Crippen molar-refractivity contribution < 1.29 is 4.74 Å². The Labute approximate surface area is 87.7 Å². The Balaban J connectivity index is 2.25. The number of aryl methyl sites for hydroxylation is 1. The van der Waals surface area contributed by atoms with Gasteiger partial charge in [0.2, 0.25) is 5.88 Å². The molecule has 0 aliphatic heterocycles. The minimum atomic E-state index is 0.457. The fourth-order valence-corrected chi connectivity index (χ4v) is 1.21. The van der Waals surface area contributed by atoms with Crippen LogP contribution in [0.4, 0.5) is 5.69 Å². The van der Waals surface area contributed by atoms with Crippen LogP contribution in [-0.2, 0) is 0 Å². The van der Waals surface area contributed by atoms with Crippen LogP contribution in [0.15, 0.2) is 36.8 Å². The highest BCUT2D eigenvalue weighted by Gasteiger charge is 2.02. The minimum absolute atomic E-state index is 0.457. The Bertz CT molecular complexity index is 457. The second kappa shape index (κ2) is 3.96. The van der Waals surface area contributed by atoms with E-state index >= 15 is 0 Å². The molecule has 0 atom stereocenters. The van der Waals surface area contributed by atoms with Crippen LogP contribution in [0, 0.1) is 6.92 Å². The summed E-state index contributed by atoms with van der Waals surface area (Å²) in [6.45, 7) is 1.89. The van der Waals surface area contributed by atoms with Gasteiger partial charge in [-0.05, 0) is 30.7 Å². The molecule has 0 unspecified atom stereocenters. The molecule has 4 heteroatoms. The first-order chi connectivity index (χ1) is 7.25. The minimum Gasteiger partial charge on any atom is -0.437 e. The molecule has 1 aromatic heterocycles. The van der Waals surface area contributed by atoms with Crippen molar-refractivity contribution in [3.05, 3.63) is 42.4 Å². The SMILES string of the molecule is Cc1cc([NH])ccc1Oc1cnccn1. The van der Waals surface area contributed by atoms with Gasteiger partial charge in [-0.25, -0.2) is 4.98 Å². The molecule has 2 rings (SSSR count). The summed E-state index contributed by atoms with van der Waals surface area (Å²) in [6, 6.07) is 5.18. The first-order valence-electron chi connectivity index (χ1n) is 4.52. The third-order valence-electron chi connectivity index (χ3n) is 1.93. The van der Waals surface area contributed by atoms with Crippen molar-refractivity contribution in [1.29, 1.82) is 0 Å². The van der Waals surface area contributed by atoms with E-state index in [1.165, 1.54) is 0 Å². The van der Waals surface area contributed by atoms with Crippen molar-refractivity contribution in [2.45, 2.75) is 6.92 Å². The third-order valence-corrected chi connectivity index (χ3v) is 1.93. The van der Waals surface area contributed by atoms with Crippen molar-refractivity contribution >= 4 is 5.69 Å². The van der Waals surface area contributed by atoms with Crippen molar-refractivity contribution in [3.63, 3.8) is 0 Å². The number of nitrogens with zero attached hydrogens (tertiary/aromatic N) is 2. The summed E-state index contributed by atoms with van der Waals surface area (Å²) >= 11 is 0. The fraction of sp³-hybridized carbons (Fsp3) is 0.0909. The van der Waals surface area contributed by atoms with Crippen molar-refractivity contribution in [3.8, 4) is 11.6 Å². The molecule has 0 saturated carbocycles. The zero-order chi connectivity index (χ0) is 10.7. The van der Waals surface area contributed by atoms with Crippen molar-refractivity contribution in [2.24, 2.45) is 0 Å². The van der Waals surface area contributed by atoms with Crippen LogP contribution in [-0.4, -0.2) is 9.97 Å². The van der Waals surface area contributed by atoms with Gasteiger partial charge in [0.05, 0.1) is 11.9 Å². The lowest BCUT2D eigenvalue weighted by atomic mass is 10.2. The summed E-state index contributed by atoms with van der Waals surface area (Å²) < 4.78 is 5.51. The molecule has 0 amide bonds. The highest BCUT2D eigenvalue weighted by molar-refractivity contribution is 5.45. The van der Waals surface area contributed by atoms with Crippen molar-refractivity contribution in [2.75, 3.05) is 0 Å². The number of hydrogen-bond acceptors (Lipinski definition) is 3. The summed E-state index contributed by atoms with van der Waals surface area (Å²) in [5.74, 6) is 1.16. The first-order valence-corrected chi connectivity index (χ1v) is 4.52. The molecular formula is C11H10N3O. The van der Waals surface area contributed by atoms with Gasteiger partial charge in [-0.2, -0.15) is 0 Å². The Kier molecular flexibility index (Phi) is 2.49. The lowest BCUT2D eigenvalue weighted by molar-refractivity contribution is 0.457. The van der Waals surface area contributed by atoms with Crippen molar-refractivity contribution in [1.82, 2.24) is 15.7 Å². The van der Waals surface area contributed by atoms with Gasteiger partial charge in [-0.3, -0.25) is 4.98 Å². The smallest absolute Gasteiger partial charge is 0.237 e. The zero-order valence-corrected chi connectivity index (χ0v) is 8.27. The largest absolute Gasteiger partial charge is 0.437 e. The predicted octanol–water partition coefficient (Wildman–Crippen LogP) is 2.49. The van der Waals surface area contributed by atoms with Gasteiger partial charge in [0, 0.05) is 12.4 Å². The van der Waals surface area contributed by atoms with Crippen LogP contribution in [0.2, 0.25) is 0 Å². The molecule has 0 spiro atoms. The molecule has 0 saturated heterocycles. The van der Waals surface area contributed by atoms with E-state index in [4.69, 9.17) is 10.5 Å². The van der Waals surface area contributed by atoms with E-state index in [0.717, 1.165) is 5.56 Å². The molecule has 0 fully saturated rings. The second-order valence-electron chi connectivity index (χ2n) is 3.13. The Hall–Kier alpha value is -2.10. The molecular weight excluding hydrogens is 190 g/mol. The second-order valence-corrected chi connectivity index (χ2v) is 3.13. The number of ether oxygens (including phenoxy) is 1. The number of aromatic nitrogens is 2. The monoisotopic (exact) mass is 200 g/mol. The van der Waals surface area contributed by atoms with Gasteiger partial charge in [-0.1, -0.05) is 0 Å². The molecule has 0 aliphatic rings. The molecule has 1 N–H and O–H groups in total. The fourth-order valence-electron chi connectivity index (χ4n) is 1.21. The van der Waals surface area contributed by atoms with Gasteiger partial charge in [-0.15, -0.1) is 0 Å². The summed E-state index contributed by atoms with van der Waals surface area (Å²) in [6.07, 6.45) is 4.71. The molecule has 1 aromatic carbocycles. The van der Waals surface area contributed by atoms with Gasteiger partial charge in [0.25, 0.3) is 0 Å². The average Bonchev–Trinajstić information content (AvgIpc) is 2.24. The van der Waals surface area contributed by atoms with Gasteiger partial charge in [0.1, 0.15) is 5.75 Å². The summed E-state index contributed by atoms with van der Waals surface area (Å²) in [5.41, 5.74) is 8.81. The Morgan fingerprint density at radius 1 is 1.27 bits per heavy atom. The van der Waals surface area contributed by atoms with Gasteiger partial charge < -0.3 is 10.5 Å². The van der Waals surface area contributed by atoms with Crippen LogP contribution >= 0.6 is 0 Å². The van der Waals surface area contributed by atoms with E-state index in [0.29, 0.717) is 17.3 Å². The third kappa shape index (κ3) is 2.22. The molecule has 1 radical (unpaired) electrons. The molecule has 0 aliphatic carbocycles.